The quantitative estimate of drug-likeness (QED) is 0.552. The maximum atomic E-state index is 5.76. The fourth-order valence-corrected chi connectivity index (χ4v) is 1.67. The van der Waals surface area contributed by atoms with E-state index >= 15 is 0 Å². The molecule has 0 saturated carbocycles. The predicted molar refractivity (Wildman–Crippen MR) is 80.4 cm³/mol. The fraction of sp³-hybridized carbons (Fsp3) is 0.200. The molecule has 106 valence electrons. The predicted octanol–water partition coefficient (Wildman–Crippen LogP) is 1.98. The van der Waals surface area contributed by atoms with Crippen molar-refractivity contribution in [3.8, 4) is 11.5 Å². The van der Waals surface area contributed by atoms with Crippen molar-refractivity contribution in [1.82, 2.24) is 0 Å². The number of nitrogen functional groups attached to an aromatic ring is 2. The summed E-state index contributed by atoms with van der Waals surface area (Å²) < 4.78 is 11.5. The molecule has 0 fully saturated rings. The van der Waals surface area contributed by atoms with Gasteiger partial charge in [0.15, 0.2) is 0 Å². The van der Waals surface area contributed by atoms with Crippen LogP contribution < -0.4 is 26.7 Å². The largest absolute Gasteiger partial charge is 0.455 e. The molecule has 0 aliphatic carbocycles. The van der Waals surface area contributed by atoms with Crippen LogP contribution in [-0.4, -0.2) is 12.8 Å². The Kier molecular flexibility index (Phi) is 4.68. The molecule has 0 atom stereocenters. The van der Waals surface area contributed by atoms with Crippen molar-refractivity contribution >= 4 is 11.4 Å². The van der Waals surface area contributed by atoms with Gasteiger partial charge < -0.3 is 26.7 Å². The third kappa shape index (κ3) is 4.07. The molecular weight excluding hydrogens is 254 g/mol. The molecule has 2 rings (SSSR count). The molecule has 6 N–H and O–H groups in total. The van der Waals surface area contributed by atoms with Crippen LogP contribution in [0.3, 0.4) is 0 Å². The molecule has 20 heavy (non-hydrogen) atoms. The summed E-state index contributed by atoms with van der Waals surface area (Å²) in [6, 6.07) is 14.3. The van der Waals surface area contributed by atoms with Crippen molar-refractivity contribution in [3.05, 3.63) is 48.5 Å². The molecule has 0 saturated heterocycles. The summed E-state index contributed by atoms with van der Waals surface area (Å²) in [5.41, 5.74) is 18.2. The number of nitrogens with two attached hydrogens (primary N) is 3. The molecule has 2 aromatic rings. The van der Waals surface area contributed by atoms with E-state index in [-0.39, 0.29) is 0 Å². The van der Waals surface area contributed by atoms with Crippen molar-refractivity contribution in [2.45, 2.75) is 12.7 Å². The van der Waals surface area contributed by atoms with Gasteiger partial charge in [-0.25, -0.2) is 0 Å². The standard InChI is InChI=1S/C15H19N3O2/c16-10-9-15(19-13-5-1-11(17)2-6-13)20-14-7-3-12(18)4-8-14/h1-8,15H,9-10,16-18H2. The van der Waals surface area contributed by atoms with Gasteiger partial charge in [0.2, 0.25) is 6.29 Å². The molecular formula is C15H19N3O2. The van der Waals surface area contributed by atoms with Gasteiger partial charge in [-0.2, -0.15) is 0 Å². The van der Waals surface area contributed by atoms with Crippen molar-refractivity contribution < 1.29 is 9.47 Å². The SMILES string of the molecule is NCCC(Oc1ccc(N)cc1)Oc1ccc(N)cc1. The maximum absolute atomic E-state index is 5.76. The van der Waals surface area contributed by atoms with Gasteiger partial charge in [-0.15, -0.1) is 0 Å². The molecule has 2 aromatic carbocycles. The first kappa shape index (κ1) is 14.0. The number of ether oxygens (including phenoxy) is 2. The van der Waals surface area contributed by atoms with Gasteiger partial charge in [-0.05, 0) is 55.1 Å². The second kappa shape index (κ2) is 6.68. The first-order valence-electron chi connectivity index (χ1n) is 6.42. The van der Waals surface area contributed by atoms with E-state index in [0.29, 0.717) is 35.8 Å². The topological polar surface area (TPSA) is 96.5 Å². The molecule has 0 amide bonds. The van der Waals surface area contributed by atoms with E-state index in [2.05, 4.69) is 0 Å². The van der Waals surface area contributed by atoms with Gasteiger partial charge in [0.05, 0.1) is 0 Å². The van der Waals surface area contributed by atoms with E-state index in [4.69, 9.17) is 26.7 Å². The van der Waals surface area contributed by atoms with E-state index in [1.165, 1.54) is 0 Å². The number of benzene rings is 2. The smallest absolute Gasteiger partial charge is 0.242 e. The lowest BCUT2D eigenvalue weighted by Crippen LogP contribution is -2.27. The summed E-state index contributed by atoms with van der Waals surface area (Å²) in [5.74, 6) is 1.38. The summed E-state index contributed by atoms with van der Waals surface area (Å²) in [6.45, 7) is 0.467. The zero-order valence-corrected chi connectivity index (χ0v) is 11.2. The lowest BCUT2D eigenvalue weighted by atomic mass is 10.3. The normalized spacial score (nSPS) is 10.5. The first-order chi connectivity index (χ1) is 9.67. The Labute approximate surface area is 118 Å². The Morgan fingerprint density at radius 3 is 1.50 bits per heavy atom. The van der Waals surface area contributed by atoms with Gasteiger partial charge >= 0.3 is 0 Å². The third-order valence-electron chi connectivity index (χ3n) is 2.70. The van der Waals surface area contributed by atoms with E-state index < -0.39 is 6.29 Å². The van der Waals surface area contributed by atoms with Crippen LogP contribution in [0.15, 0.2) is 48.5 Å². The lowest BCUT2D eigenvalue weighted by molar-refractivity contribution is 0.00149. The minimum atomic E-state index is -0.452. The highest BCUT2D eigenvalue weighted by molar-refractivity contribution is 5.42. The monoisotopic (exact) mass is 273 g/mol. The summed E-state index contributed by atoms with van der Waals surface area (Å²) in [4.78, 5) is 0. The van der Waals surface area contributed by atoms with Crippen LogP contribution >= 0.6 is 0 Å². The Bertz CT molecular complexity index is 478. The summed E-state index contributed by atoms with van der Waals surface area (Å²) in [6.07, 6.45) is 0.127. The zero-order valence-electron chi connectivity index (χ0n) is 11.2. The second-order valence-corrected chi connectivity index (χ2v) is 4.38. The maximum Gasteiger partial charge on any atom is 0.242 e. The van der Waals surface area contributed by atoms with Crippen molar-refractivity contribution in [2.24, 2.45) is 5.73 Å². The van der Waals surface area contributed by atoms with E-state index in [0.717, 1.165) is 0 Å². The van der Waals surface area contributed by atoms with Crippen LogP contribution in [0.5, 0.6) is 11.5 Å². The molecule has 0 heterocycles. The average molecular weight is 273 g/mol. The minimum absolute atomic E-state index is 0.452. The van der Waals surface area contributed by atoms with E-state index in [1.807, 2.05) is 0 Å². The third-order valence-corrected chi connectivity index (χ3v) is 2.70. The molecule has 0 aliphatic heterocycles. The number of anilines is 2. The number of hydrogen-bond donors (Lipinski definition) is 3. The van der Waals surface area contributed by atoms with Crippen molar-refractivity contribution in [3.63, 3.8) is 0 Å². The Hall–Kier alpha value is -2.40. The van der Waals surface area contributed by atoms with Crippen LogP contribution in [0, 0.1) is 0 Å². The summed E-state index contributed by atoms with van der Waals surface area (Å²) >= 11 is 0. The molecule has 0 radical (unpaired) electrons. The molecule has 5 heteroatoms. The molecule has 0 aliphatic rings. The van der Waals surface area contributed by atoms with Gasteiger partial charge in [0.1, 0.15) is 11.5 Å². The van der Waals surface area contributed by atoms with Crippen LogP contribution in [-0.2, 0) is 0 Å². The van der Waals surface area contributed by atoms with Crippen LogP contribution in [0.4, 0.5) is 11.4 Å². The first-order valence-corrected chi connectivity index (χ1v) is 6.42. The van der Waals surface area contributed by atoms with Gasteiger partial charge in [-0.3, -0.25) is 0 Å². The summed E-state index contributed by atoms with van der Waals surface area (Å²) in [7, 11) is 0. The minimum Gasteiger partial charge on any atom is -0.455 e. The average Bonchev–Trinajstić information content (AvgIpc) is 2.44. The molecule has 0 spiro atoms. The molecule has 0 unspecified atom stereocenters. The molecule has 5 nitrogen and oxygen atoms in total. The fourth-order valence-electron chi connectivity index (χ4n) is 1.67. The second-order valence-electron chi connectivity index (χ2n) is 4.38. The number of rotatable bonds is 6. The molecule has 0 aromatic heterocycles. The Morgan fingerprint density at radius 1 is 0.750 bits per heavy atom. The van der Waals surface area contributed by atoms with Crippen LogP contribution in [0.2, 0.25) is 0 Å². The zero-order chi connectivity index (χ0) is 14.4. The van der Waals surface area contributed by atoms with Gasteiger partial charge in [0, 0.05) is 17.8 Å². The van der Waals surface area contributed by atoms with E-state index in [9.17, 15) is 0 Å². The summed E-state index contributed by atoms with van der Waals surface area (Å²) in [5, 5.41) is 0. The lowest BCUT2D eigenvalue weighted by Gasteiger charge is -2.20. The highest BCUT2D eigenvalue weighted by Crippen LogP contribution is 2.19. The number of hydrogen-bond acceptors (Lipinski definition) is 5. The Balaban J connectivity index is 2.02. The van der Waals surface area contributed by atoms with E-state index in [1.54, 1.807) is 48.5 Å². The van der Waals surface area contributed by atoms with Crippen LogP contribution in [0.1, 0.15) is 6.42 Å². The van der Waals surface area contributed by atoms with Crippen molar-refractivity contribution in [2.75, 3.05) is 18.0 Å². The van der Waals surface area contributed by atoms with Crippen LogP contribution in [0.25, 0.3) is 0 Å². The van der Waals surface area contributed by atoms with Gasteiger partial charge in [-0.1, -0.05) is 0 Å². The highest BCUT2D eigenvalue weighted by Gasteiger charge is 2.11. The van der Waals surface area contributed by atoms with Crippen molar-refractivity contribution in [1.29, 1.82) is 0 Å². The van der Waals surface area contributed by atoms with Gasteiger partial charge in [0.25, 0.3) is 0 Å². The molecule has 0 bridgehead atoms. The Morgan fingerprint density at radius 2 is 1.15 bits per heavy atom. The highest BCUT2D eigenvalue weighted by atomic mass is 16.7.